The minimum absolute atomic E-state index is 0.0632. The molecule has 0 fully saturated rings. The third-order valence-corrected chi connectivity index (χ3v) is 4.84. The van der Waals surface area contributed by atoms with Crippen molar-refractivity contribution in [1.29, 1.82) is 0 Å². The highest BCUT2D eigenvalue weighted by Crippen LogP contribution is 2.19. The molecule has 1 atom stereocenters. The SMILES string of the molecule is Cc1cccc(C(=O)N[C@@H](C)C(=O)Nc2ccc(C)c(S(N)(=O)=O)c2)c1. The van der Waals surface area contributed by atoms with Crippen LogP contribution in [0, 0.1) is 13.8 Å². The van der Waals surface area contributed by atoms with E-state index in [1.165, 1.54) is 13.0 Å². The lowest BCUT2D eigenvalue weighted by molar-refractivity contribution is -0.117. The number of benzene rings is 2. The van der Waals surface area contributed by atoms with Crippen molar-refractivity contribution in [2.75, 3.05) is 5.32 Å². The lowest BCUT2D eigenvalue weighted by Crippen LogP contribution is -2.41. The molecule has 2 rings (SSSR count). The van der Waals surface area contributed by atoms with E-state index >= 15 is 0 Å². The second-order valence-electron chi connectivity index (χ2n) is 6.08. The fourth-order valence-electron chi connectivity index (χ4n) is 2.37. The molecule has 0 aromatic heterocycles. The van der Waals surface area contributed by atoms with Gasteiger partial charge in [0.2, 0.25) is 15.9 Å². The van der Waals surface area contributed by atoms with Crippen LogP contribution in [-0.4, -0.2) is 26.3 Å². The molecule has 2 amide bonds. The Morgan fingerprint density at radius 3 is 2.38 bits per heavy atom. The lowest BCUT2D eigenvalue weighted by Gasteiger charge is -2.15. The van der Waals surface area contributed by atoms with Crippen LogP contribution in [0.4, 0.5) is 5.69 Å². The van der Waals surface area contributed by atoms with E-state index in [1.807, 2.05) is 13.0 Å². The van der Waals surface area contributed by atoms with Crippen LogP contribution >= 0.6 is 0 Å². The summed E-state index contributed by atoms with van der Waals surface area (Å²) < 4.78 is 23.1. The third-order valence-electron chi connectivity index (χ3n) is 3.78. The van der Waals surface area contributed by atoms with Crippen molar-refractivity contribution in [2.24, 2.45) is 5.14 Å². The van der Waals surface area contributed by atoms with Gasteiger partial charge in [0.1, 0.15) is 6.04 Å². The monoisotopic (exact) mass is 375 g/mol. The predicted octanol–water partition coefficient (Wildman–Crippen LogP) is 1.71. The number of nitrogens with one attached hydrogen (secondary N) is 2. The predicted molar refractivity (Wildman–Crippen MR) is 99.3 cm³/mol. The summed E-state index contributed by atoms with van der Waals surface area (Å²) in [4.78, 5) is 24.4. The van der Waals surface area contributed by atoms with Crippen molar-refractivity contribution in [2.45, 2.75) is 31.7 Å². The highest BCUT2D eigenvalue weighted by atomic mass is 32.2. The molecule has 0 bridgehead atoms. The Hall–Kier alpha value is -2.71. The van der Waals surface area contributed by atoms with Crippen LogP contribution in [0.25, 0.3) is 0 Å². The van der Waals surface area contributed by atoms with E-state index in [2.05, 4.69) is 10.6 Å². The summed E-state index contributed by atoms with van der Waals surface area (Å²) in [6.45, 7) is 5.02. The van der Waals surface area contributed by atoms with E-state index in [9.17, 15) is 18.0 Å². The van der Waals surface area contributed by atoms with Crippen LogP contribution in [0.3, 0.4) is 0 Å². The standard InChI is InChI=1S/C18H21N3O4S/c1-11-5-4-6-14(9-11)18(23)20-13(3)17(22)21-15-8-7-12(2)16(10-15)26(19,24)25/h4-10,13H,1-3H3,(H,20,23)(H,21,22)(H2,19,24,25)/t13-/m0/s1. The Morgan fingerprint density at radius 1 is 1.08 bits per heavy atom. The number of rotatable bonds is 5. The van der Waals surface area contributed by atoms with E-state index in [-0.39, 0.29) is 16.5 Å². The summed E-state index contributed by atoms with van der Waals surface area (Å²) in [7, 11) is -3.89. The molecular weight excluding hydrogens is 354 g/mol. The fourth-order valence-corrected chi connectivity index (χ4v) is 3.17. The maximum absolute atomic E-state index is 12.3. The highest BCUT2D eigenvalue weighted by Gasteiger charge is 2.18. The van der Waals surface area contributed by atoms with Gasteiger partial charge in [0.15, 0.2) is 0 Å². The number of sulfonamides is 1. The average molecular weight is 375 g/mol. The Morgan fingerprint density at radius 2 is 1.77 bits per heavy atom. The van der Waals surface area contributed by atoms with Crippen molar-refractivity contribution in [3.8, 4) is 0 Å². The van der Waals surface area contributed by atoms with Crippen LogP contribution in [0.2, 0.25) is 0 Å². The van der Waals surface area contributed by atoms with Gasteiger partial charge < -0.3 is 10.6 Å². The molecule has 0 aliphatic heterocycles. The zero-order valence-corrected chi connectivity index (χ0v) is 15.6. The molecule has 0 unspecified atom stereocenters. The van der Waals surface area contributed by atoms with Gasteiger partial charge in [-0.2, -0.15) is 0 Å². The fraction of sp³-hybridized carbons (Fsp3) is 0.222. The van der Waals surface area contributed by atoms with Gasteiger partial charge in [-0.3, -0.25) is 9.59 Å². The molecule has 0 heterocycles. The second kappa shape index (κ2) is 7.67. The molecule has 7 nitrogen and oxygen atoms in total. The topological polar surface area (TPSA) is 118 Å². The van der Waals surface area contributed by atoms with Gasteiger partial charge in [-0.05, 0) is 50.6 Å². The first-order valence-electron chi connectivity index (χ1n) is 7.90. The molecule has 0 radical (unpaired) electrons. The third kappa shape index (κ3) is 4.90. The largest absolute Gasteiger partial charge is 0.341 e. The van der Waals surface area contributed by atoms with Crippen LogP contribution in [-0.2, 0) is 14.8 Å². The molecular formula is C18H21N3O4S. The van der Waals surface area contributed by atoms with Gasteiger partial charge in [0.05, 0.1) is 4.90 Å². The van der Waals surface area contributed by atoms with Crippen molar-refractivity contribution >= 4 is 27.5 Å². The van der Waals surface area contributed by atoms with E-state index in [0.29, 0.717) is 11.1 Å². The van der Waals surface area contributed by atoms with Crippen LogP contribution in [0.1, 0.15) is 28.4 Å². The highest BCUT2D eigenvalue weighted by molar-refractivity contribution is 7.89. The Bertz CT molecular complexity index is 955. The maximum Gasteiger partial charge on any atom is 0.251 e. The Balaban J connectivity index is 2.09. The van der Waals surface area contributed by atoms with E-state index in [4.69, 9.17) is 5.14 Å². The smallest absolute Gasteiger partial charge is 0.251 e. The summed E-state index contributed by atoms with van der Waals surface area (Å²) in [5, 5.41) is 10.3. The molecule has 26 heavy (non-hydrogen) atoms. The molecule has 138 valence electrons. The van der Waals surface area contributed by atoms with Gasteiger partial charge in [-0.25, -0.2) is 13.6 Å². The van der Waals surface area contributed by atoms with Crippen molar-refractivity contribution < 1.29 is 18.0 Å². The van der Waals surface area contributed by atoms with Crippen LogP contribution in [0.15, 0.2) is 47.4 Å². The van der Waals surface area contributed by atoms with Crippen molar-refractivity contribution in [1.82, 2.24) is 5.32 Å². The molecule has 0 saturated heterocycles. The van der Waals surface area contributed by atoms with E-state index in [0.717, 1.165) is 5.56 Å². The van der Waals surface area contributed by atoms with Crippen LogP contribution < -0.4 is 15.8 Å². The summed E-state index contributed by atoms with van der Waals surface area (Å²) in [5.41, 5.74) is 2.15. The Kier molecular flexibility index (Phi) is 5.79. The van der Waals surface area contributed by atoms with Gasteiger partial charge in [0.25, 0.3) is 5.91 Å². The zero-order chi connectivity index (χ0) is 19.5. The molecule has 0 aliphatic carbocycles. The first kappa shape index (κ1) is 19.6. The number of carbonyl (C=O) groups excluding carboxylic acids is 2. The average Bonchev–Trinajstić information content (AvgIpc) is 2.55. The minimum Gasteiger partial charge on any atom is -0.341 e. The Labute approximate surface area is 152 Å². The number of amides is 2. The lowest BCUT2D eigenvalue weighted by atomic mass is 10.1. The number of primary sulfonamides is 1. The molecule has 0 aliphatic rings. The quantitative estimate of drug-likeness (QED) is 0.737. The number of anilines is 1. The number of aryl methyl sites for hydroxylation is 2. The summed E-state index contributed by atoms with van der Waals surface area (Å²) >= 11 is 0. The van der Waals surface area contributed by atoms with Gasteiger partial charge in [0, 0.05) is 11.3 Å². The van der Waals surface area contributed by atoms with Crippen LogP contribution in [0.5, 0.6) is 0 Å². The first-order valence-corrected chi connectivity index (χ1v) is 9.44. The van der Waals surface area contributed by atoms with Crippen molar-refractivity contribution in [3.05, 3.63) is 59.2 Å². The molecule has 0 spiro atoms. The van der Waals surface area contributed by atoms with Gasteiger partial charge in [-0.1, -0.05) is 23.8 Å². The minimum atomic E-state index is -3.89. The molecule has 2 aromatic rings. The molecule has 0 saturated carbocycles. The molecule has 4 N–H and O–H groups in total. The zero-order valence-electron chi connectivity index (χ0n) is 14.7. The number of hydrogen-bond acceptors (Lipinski definition) is 4. The number of nitrogens with two attached hydrogens (primary N) is 1. The summed E-state index contributed by atoms with van der Waals surface area (Å²) in [5.74, 6) is -0.847. The van der Waals surface area contributed by atoms with Crippen molar-refractivity contribution in [3.63, 3.8) is 0 Å². The van der Waals surface area contributed by atoms with E-state index in [1.54, 1.807) is 37.3 Å². The second-order valence-corrected chi connectivity index (χ2v) is 7.61. The summed E-state index contributed by atoms with van der Waals surface area (Å²) in [6.07, 6.45) is 0. The normalized spacial score (nSPS) is 12.3. The maximum atomic E-state index is 12.3. The molecule has 8 heteroatoms. The van der Waals surface area contributed by atoms with E-state index < -0.39 is 22.0 Å². The number of carbonyl (C=O) groups is 2. The summed E-state index contributed by atoms with van der Waals surface area (Å²) in [6, 6.07) is 10.6. The first-order chi connectivity index (χ1) is 12.1. The van der Waals surface area contributed by atoms with Gasteiger partial charge in [-0.15, -0.1) is 0 Å². The van der Waals surface area contributed by atoms with Gasteiger partial charge >= 0.3 is 0 Å². The number of hydrogen-bond donors (Lipinski definition) is 3. The molecule has 2 aromatic carbocycles.